The van der Waals surface area contributed by atoms with Crippen molar-refractivity contribution in [2.75, 3.05) is 19.7 Å². The van der Waals surface area contributed by atoms with Crippen LogP contribution in [0, 0.1) is 11.8 Å². The summed E-state index contributed by atoms with van der Waals surface area (Å²) in [7, 11) is 0. The van der Waals surface area contributed by atoms with Gasteiger partial charge >= 0.3 is 0 Å². The van der Waals surface area contributed by atoms with Gasteiger partial charge in [-0.05, 0) is 55.5 Å². The van der Waals surface area contributed by atoms with Gasteiger partial charge in [0.25, 0.3) is 0 Å². The zero-order valence-corrected chi connectivity index (χ0v) is 13.3. The van der Waals surface area contributed by atoms with E-state index < -0.39 is 0 Å². The Balaban J connectivity index is 1.55. The Kier molecular flexibility index (Phi) is 6.18. The van der Waals surface area contributed by atoms with Crippen LogP contribution in [0.15, 0.2) is 28.7 Å². The summed E-state index contributed by atoms with van der Waals surface area (Å²) in [5.74, 6) is 2.73. The zero-order valence-electron chi connectivity index (χ0n) is 11.7. The molecule has 1 N–H and O–H groups in total. The van der Waals surface area contributed by atoms with E-state index in [-0.39, 0.29) is 0 Å². The molecule has 1 fully saturated rings. The van der Waals surface area contributed by atoms with Gasteiger partial charge in [0.15, 0.2) is 0 Å². The van der Waals surface area contributed by atoms with Crippen LogP contribution in [0.1, 0.15) is 32.6 Å². The molecule has 0 spiro atoms. The number of hydrogen-bond acceptors (Lipinski definition) is 2. The summed E-state index contributed by atoms with van der Waals surface area (Å²) in [6.07, 6.45) is 5.61. The van der Waals surface area contributed by atoms with Crippen LogP contribution in [-0.4, -0.2) is 19.7 Å². The van der Waals surface area contributed by atoms with Gasteiger partial charge in [0, 0.05) is 11.0 Å². The SMILES string of the molecule is CC1CCCC(CNCCOc2ccc(Br)cc2)C1. The van der Waals surface area contributed by atoms with Crippen LogP contribution in [-0.2, 0) is 0 Å². The lowest BCUT2D eigenvalue weighted by Gasteiger charge is -2.26. The van der Waals surface area contributed by atoms with E-state index in [1.807, 2.05) is 24.3 Å². The topological polar surface area (TPSA) is 21.3 Å². The van der Waals surface area contributed by atoms with Gasteiger partial charge in [-0.15, -0.1) is 0 Å². The summed E-state index contributed by atoms with van der Waals surface area (Å²) < 4.78 is 6.78. The second-order valence-electron chi connectivity index (χ2n) is 5.64. The third kappa shape index (κ3) is 5.53. The number of hydrogen-bond donors (Lipinski definition) is 1. The van der Waals surface area contributed by atoms with Gasteiger partial charge in [-0.3, -0.25) is 0 Å². The number of benzene rings is 1. The van der Waals surface area contributed by atoms with Crippen LogP contribution >= 0.6 is 15.9 Å². The molecule has 0 saturated heterocycles. The fourth-order valence-corrected chi connectivity index (χ4v) is 3.09. The average Bonchev–Trinajstić information content (AvgIpc) is 2.41. The molecule has 106 valence electrons. The maximum absolute atomic E-state index is 5.69. The second-order valence-corrected chi connectivity index (χ2v) is 6.56. The third-order valence-electron chi connectivity index (χ3n) is 3.84. The van der Waals surface area contributed by atoms with Gasteiger partial charge in [0.05, 0.1) is 0 Å². The van der Waals surface area contributed by atoms with Gasteiger partial charge in [-0.25, -0.2) is 0 Å². The monoisotopic (exact) mass is 325 g/mol. The van der Waals surface area contributed by atoms with Crippen molar-refractivity contribution in [2.45, 2.75) is 32.6 Å². The molecule has 0 aromatic heterocycles. The van der Waals surface area contributed by atoms with E-state index in [4.69, 9.17) is 4.74 Å². The minimum absolute atomic E-state index is 0.740. The maximum atomic E-state index is 5.69. The third-order valence-corrected chi connectivity index (χ3v) is 4.37. The smallest absolute Gasteiger partial charge is 0.119 e. The van der Waals surface area contributed by atoms with Crippen molar-refractivity contribution in [1.29, 1.82) is 0 Å². The van der Waals surface area contributed by atoms with Crippen LogP contribution in [0.25, 0.3) is 0 Å². The van der Waals surface area contributed by atoms with E-state index in [0.29, 0.717) is 0 Å². The second kappa shape index (κ2) is 7.91. The van der Waals surface area contributed by atoms with Gasteiger partial charge in [0.2, 0.25) is 0 Å². The molecule has 0 heterocycles. The molecule has 2 nitrogen and oxygen atoms in total. The molecule has 3 heteroatoms. The maximum Gasteiger partial charge on any atom is 0.119 e. The van der Waals surface area contributed by atoms with Crippen LogP contribution in [0.4, 0.5) is 0 Å². The Morgan fingerprint density at radius 1 is 1.26 bits per heavy atom. The minimum atomic E-state index is 0.740. The Morgan fingerprint density at radius 2 is 2.05 bits per heavy atom. The van der Waals surface area contributed by atoms with E-state index in [1.54, 1.807) is 0 Å². The lowest BCUT2D eigenvalue weighted by atomic mass is 9.82. The molecule has 1 aromatic carbocycles. The summed E-state index contributed by atoms with van der Waals surface area (Å²) in [6.45, 7) is 5.20. The number of nitrogens with one attached hydrogen (secondary N) is 1. The van der Waals surface area contributed by atoms with Crippen molar-refractivity contribution in [1.82, 2.24) is 5.32 Å². The molecule has 1 aliphatic carbocycles. The Bertz CT molecular complexity index is 366. The summed E-state index contributed by atoms with van der Waals surface area (Å²) >= 11 is 3.42. The Hall–Kier alpha value is -0.540. The van der Waals surface area contributed by atoms with Crippen LogP contribution in [0.2, 0.25) is 0 Å². The molecule has 2 atom stereocenters. The van der Waals surface area contributed by atoms with Crippen molar-refractivity contribution < 1.29 is 4.74 Å². The first kappa shape index (κ1) is 14.9. The van der Waals surface area contributed by atoms with Crippen LogP contribution in [0.5, 0.6) is 5.75 Å². The quantitative estimate of drug-likeness (QED) is 0.790. The molecule has 1 saturated carbocycles. The molecule has 1 aromatic rings. The average molecular weight is 326 g/mol. The molecule has 2 unspecified atom stereocenters. The largest absolute Gasteiger partial charge is 0.492 e. The summed E-state index contributed by atoms with van der Waals surface area (Å²) in [5, 5.41) is 3.52. The molecular weight excluding hydrogens is 302 g/mol. The molecule has 0 bridgehead atoms. The lowest BCUT2D eigenvalue weighted by molar-refractivity contribution is 0.262. The fraction of sp³-hybridized carbons (Fsp3) is 0.625. The molecule has 1 aliphatic rings. The Labute approximate surface area is 125 Å². The summed E-state index contributed by atoms with van der Waals surface area (Å²) in [4.78, 5) is 0. The normalized spacial score (nSPS) is 23.3. The first-order chi connectivity index (χ1) is 9.24. The highest BCUT2D eigenvalue weighted by molar-refractivity contribution is 9.10. The van der Waals surface area contributed by atoms with Crippen molar-refractivity contribution in [3.63, 3.8) is 0 Å². The summed E-state index contributed by atoms with van der Waals surface area (Å²) in [5.41, 5.74) is 0. The Morgan fingerprint density at radius 3 is 2.79 bits per heavy atom. The standard InChI is InChI=1S/C16H24BrNO/c1-13-3-2-4-14(11-13)12-18-9-10-19-16-7-5-15(17)6-8-16/h5-8,13-14,18H,2-4,9-12H2,1H3. The predicted molar refractivity (Wildman–Crippen MR) is 83.6 cm³/mol. The fourth-order valence-electron chi connectivity index (χ4n) is 2.82. The molecule has 0 amide bonds. The molecule has 0 aliphatic heterocycles. The lowest BCUT2D eigenvalue weighted by Crippen LogP contribution is -2.29. The number of rotatable bonds is 6. The van der Waals surface area contributed by atoms with Gasteiger partial charge in [-0.1, -0.05) is 35.7 Å². The van der Waals surface area contributed by atoms with Crippen molar-refractivity contribution in [3.8, 4) is 5.75 Å². The summed E-state index contributed by atoms with van der Waals surface area (Å²) in [6, 6.07) is 8.00. The first-order valence-corrected chi connectivity index (χ1v) is 8.12. The molecule has 0 radical (unpaired) electrons. The van der Waals surface area contributed by atoms with E-state index in [0.717, 1.165) is 41.8 Å². The van der Waals surface area contributed by atoms with E-state index in [1.165, 1.54) is 25.7 Å². The number of halogens is 1. The van der Waals surface area contributed by atoms with Gasteiger partial charge < -0.3 is 10.1 Å². The zero-order chi connectivity index (χ0) is 13.5. The van der Waals surface area contributed by atoms with Crippen LogP contribution < -0.4 is 10.1 Å². The number of ether oxygens (including phenoxy) is 1. The predicted octanol–water partition coefficient (Wildman–Crippen LogP) is 4.24. The van der Waals surface area contributed by atoms with Gasteiger partial charge in [-0.2, -0.15) is 0 Å². The van der Waals surface area contributed by atoms with Crippen molar-refractivity contribution >= 4 is 15.9 Å². The highest BCUT2D eigenvalue weighted by Gasteiger charge is 2.17. The van der Waals surface area contributed by atoms with Crippen molar-refractivity contribution in [2.24, 2.45) is 11.8 Å². The van der Waals surface area contributed by atoms with E-state index in [9.17, 15) is 0 Å². The van der Waals surface area contributed by atoms with E-state index in [2.05, 4.69) is 28.2 Å². The van der Waals surface area contributed by atoms with Gasteiger partial charge in [0.1, 0.15) is 12.4 Å². The first-order valence-electron chi connectivity index (χ1n) is 7.33. The van der Waals surface area contributed by atoms with Crippen molar-refractivity contribution in [3.05, 3.63) is 28.7 Å². The highest BCUT2D eigenvalue weighted by atomic mass is 79.9. The molecule has 2 rings (SSSR count). The van der Waals surface area contributed by atoms with E-state index >= 15 is 0 Å². The minimum Gasteiger partial charge on any atom is -0.492 e. The van der Waals surface area contributed by atoms with Crippen LogP contribution in [0.3, 0.4) is 0 Å². The molecule has 19 heavy (non-hydrogen) atoms. The highest BCUT2D eigenvalue weighted by Crippen LogP contribution is 2.27. The molecular formula is C16H24BrNO.